The second-order valence-electron chi connectivity index (χ2n) is 8.33. The van der Waals surface area contributed by atoms with Crippen molar-refractivity contribution in [2.45, 2.75) is 26.2 Å². The smallest absolute Gasteiger partial charge is 0.262 e. The van der Waals surface area contributed by atoms with Gasteiger partial charge in [0.2, 0.25) is 5.91 Å². The fraction of sp³-hybridized carbons (Fsp3) is 0.250. The zero-order valence-corrected chi connectivity index (χ0v) is 21.5. The minimum atomic E-state index is -0.294. The third-order valence-electron chi connectivity index (χ3n) is 5.30. The summed E-state index contributed by atoms with van der Waals surface area (Å²) in [6.45, 7) is 4.11. The van der Waals surface area contributed by atoms with Gasteiger partial charge >= 0.3 is 0 Å². The largest absolute Gasteiger partial charge is 0.325 e. The molecule has 182 valence electrons. The number of aromatic nitrogens is 4. The Labute approximate surface area is 216 Å². The van der Waals surface area contributed by atoms with Crippen LogP contribution in [-0.2, 0) is 11.2 Å². The summed E-state index contributed by atoms with van der Waals surface area (Å²) in [6.07, 6.45) is 0.361. The van der Waals surface area contributed by atoms with Crippen molar-refractivity contribution < 1.29 is 4.79 Å². The molecule has 0 saturated carbocycles. The molecular weight excluding hydrogens is 511 g/mol. The number of aromatic amines is 1. The van der Waals surface area contributed by atoms with E-state index in [0.717, 1.165) is 5.56 Å². The number of rotatable bonds is 7. The number of carbonyl (C=O) groups is 1. The van der Waals surface area contributed by atoms with E-state index in [9.17, 15) is 9.59 Å². The molecule has 0 aliphatic rings. The second-order valence-corrected chi connectivity index (χ2v) is 9.58. The average molecular weight is 534 g/mol. The van der Waals surface area contributed by atoms with Crippen LogP contribution in [0.25, 0.3) is 16.7 Å². The molecule has 4 rings (SSSR count). The Kier molecular flexibility index (Phi) is 7.47. The molecule has 0 unspecified atom stereocenters. The lowest BCUT2D eigenvalue weighted by Crippen LogP contribution is -2.24. The highest BCUT2D eigenvalue weighted by Gasteiger charge is 2.23. The van der Waals surface area contributed by atoms with Crippen molar-refractivity contribution in [2.24, 2.45) is 0 Å². The van der Waals surface area contributed by atoms with Gasteiger partial charge in [-0.05, 0) is 42.8 Å². The molecule has 2 heterocycles. The Bertz CT molecular complexity index is 1440. The highest BCUT2D eigenvalue weighted by Crippen LogP contribution is 2.34. The van der Waals surface area contributed by atoms with Gasteiger partial charge in [-0.1, -0.05) is 60.8 Å². The van der Waals surface area contributed by atoms with Crippen LogP contribution in [0.2, 0.25) is 15.1 Å². The van der Waals surface area contributed by atoms with E-state index in [1.54, 1.807) is 31.3 Å². The van der Waals surface area contributed by atoms with Gasteiger partial charge in [0.25, 0.3) is 5.56 Å². The molecule has 11 heteroatoms. The molecule has 0 bridgehead atoms. The van der Waals surface area contributed by atoms with Crippen LogP contribution in [0.1, 0.15) is 36.8 Å². The molecule has 0 aliphatic heterocycles. The van der Waals surface area contributed by atoms with Gasteiger partial charge in [-0.15, -0.1) is 0 Å². The van der Waals surface area contributed by atoms with Crippen LogP contribution in [0.15, 0.2) is 41.2 Å². The van der Waals surface area contributed by atoms with Crippen molar-refractivity contribution in [3.8, 4) is 5.69 Å². The molecule has 1 amide bonds. The van der Waals surface area contributed by atoms with E-state index in [1.807, 2.05) is 26.0 Å². The summed E-state index contributed by atoms with van der Waals surface area (Å²) >= 11 is 19.0. The Morgan fingerprint density at radius 1 is 1.11 bits per heavy atom. The summed E-state index contributed by atoms with van der Waals surface area (Å²) in [5, 5.41) is 11.6. The van der Waals surface area contributed by atoms with Gasteiger partial charge in [0.1, 0.15) is 16.9 Å². The summed E-state index contributed by atoms with van der Waals surface area (Å²) in [5.74, 6) is 0.278. The lowest BCUT2D eigenvalue weighted by Gasteiger charge is -2.09. The van der Waals surface area contributed by atoms with E-state index in [1.165, 1.54) is 4.68 Å². The van der Waals surface area contributed by atoms with Gasteiger partial charge in [0, 0.05) is 17.1 Å². The van der Waals surface area contributed by atoms with E-state index >= 15 is 0 Å². The third kappa shape index (κ3) is 5.36. The summed E-state index contributed by atoms with van der Waals surface area (Å²) in [5.41, 5.74) is 2.63. The molecule has 3 N–H and O–H groups in total. The van der Waals surface area contributed by atoms with Crippen LogP contribution in [-0.4, -0.2) is 39.2 Å². The van der Waals surface area contributed by atoms with Gasteiger partial charge in [0.15, 0.2) is 5.65 Å². The number of hydrogen-bond acceptors (Lipinski definition) is 5. The van der Waals surface area contributed by atoms with Crippen LogP contribution in [0.5, 0.6) is 0 Å². The fourth-order valence-corrected chi connectivity index (χ4v) is 4.72. The molecule has 0 radical (unpaired) electrons. The number of hydrogen-bond donors (Lipinski definition) is 3. The number of H-pyrrole nitrogens is 1. The summed E-state index contributed by atoms with van der Waals surface area (Å²) in [7, 11) is 1.71. The number of nitrogens with zero attached hydrogens (tertiary/aromatic N) is 3. The number of carbonyl (C=O) groups excluding carboxylic acids is 1. The van der Waals surface area contributed by atoms with Gasteiger partial charge < -0.3 is 15.6 Å². The van der Waals surface area contributed by atoms with E-state index < -0.39 is 0 Å². The van der Waals surface area contributed by atoms with Gasteiger partial charge in [-0.3, -0.25) is 9.59 Å². The normalized spacial score (nSPS) is 11.4. The minimum Gasteiger partial charge on any atom is -0.325 e. The number of fused-ring (bicyclic) bond motifs is 1. The number of benzene rings is 2. The summed E-state index contributed by atoms with van der Waals surface area (Å²) < 4.78 is 1.50. The van der Waals surface area contributed by atoms with Crippen LogP contribution < -0.4 is 16.2 Å². The molecule has 35 heavy (non-hydrogen) atoms. The van der Waals surface area contributed by atoms with Crippen LogP contribution in [0.4, 0.5) is 5.69 Å². The Balaban J connectivity index is 1.76. The maximum Gasteiger partial charge on any atom is 0.262 e. The predicted molar refractivity (Wildman–Crippen MR) is 140 cm³/mol. The summed E-state index contributed by atoms with van der Waals surface area (Å²) in [4.78, 5) is 32.5. The molecule has 4 aromatic rings. The van der Waals surface area contributed by atoms with Gasteiger partial charge in [-0.25, -0.2) is 9.67 Å². The van der Waals surface area contributed by atoms with Gasteiger partial charge in [0.05, 0.1) is 22.3 Å². The van der Waals surface area contributed by atoms with E-state index in [2.05, 4.69) is 20.7 Å². The first-order valence-corrected chi connectivity index (χ1v) is 12.0. The molecular formula is C24H23Cl3N6O2. The molecule has 0 atom stereocenters. The Morgan fingerprint density at radius 3 is 2.37 bits per heavy atom. The molecule has 0 spiro atoms. The lowest BCUT2D eigenvalue weighted by atomic mass is 10.1. The van der Waals surface area contributed by atoms with Crippen LogP contribution in [0, 0.1) is 0 Å². The predicted octanol–water partition coefficient (Wildman–Crippen LogP) is 4.94. The highest BCUT2D eigenvalue weighted by atomic mass is 35.5. The average Bonchev–Trinajstić information content (AvgIpc) is 3.15. The number of halogens is 3. The maximum absolute atomic E-state index is 13.1. The van der Waals surface area contributed by atoms with Gasteiger partial charge in [-0.2, -0.15) is 5.10 Å². The molecule has 0 aliphatic carbocycles. The number of nitrogens with one attached hydrogen (secondary N) is 3. The molecule has 2 aromatic carbocycles. The van der Waals surface area contributed by atoms with Crippen molar-refractivity contribution in [3.63, 3.8) is 0 Å². The number of likely N-dealkylation sites (N-methyl/N-ethyl adjacent to an activating group) is 1. The first-order chi connectivity index (χ1) is 16.7. The molecule has 8 nitrogen and oxygen atoms in total. The van der Waals surface area contributed by atoms with E-state index in [-0.39, 0.29) is 23.9 Å². The lowest BCUT2D eigenvalue weighted by molar-refractivity contribution is -0.115. The quantitative estimate of drug-likeness (QED) is 0.312. The van der Waals surface area contributed by atoms with Crippen LogP contribution >= 0.6 is 34.8 Å². The second kappa shape index (κ2) is 10.4. The van der Waals surface area contributed by atoms with E-state index in [0.29, 0.717) is 55.4 Å². The van der Waals surface area contributed by atoms with Crippen molar-refractivity contribution >= 4 is 57.4 Å². The summed E-state index contributed by atoms with van der Waals surface area (Å²) in [6, 6.07) is 10.5. The van der Waals surface area contributed by atoms with Crippen LogP contribution in [0.3, 0.4) is 0 Å². The number of amides is 1. The first kappa shape index (κ1) is 25.2. The minimum absolute atomic E-state index is 0.0389. The fourth-order valence-electron chi connectivity index (χ4n) is 3.74. The standard InChI is InChI=1S/C24H23Cl3N6O2/c1-12(2)21-20-23(33(32-21)22-16(26)9-14(25)10-17(22)27)30-18(31-24(20)35)8-13-4-6-15(7-5-13)29-19(34)11-28-3/h4-7,9-10,12,28H,8,11H2,1-3H3,(H,29,34)(H,30,31,35). The van der Waals surface area contributed by atoms with Crippen molar-refractivity contribution in [1.29, 1.82) is 0 Å². The molecule has 0 saturated heterocycles. The Morgan fingerprint density at radius 2 is 1.77 bits per heavy atom. The Hall–Kier alpha value is -2.91. The maximum atomic E-state index is 13.1. The first-order valence-electron chi connectivity index (χ1n) is 10.9. The third-order valence-corrected chi connectivity index (χ3v) is 6.10. The SMILES string of the molecule is CNCC(=O)Nc1ccc(Cc2nc3c(c(C(C)C)nn3-c3c(Cl)cc(Cl)cc3Cl)c(=O)[nH]2)cc1. The number of anilines is 1. The van der Waals surface area contributed by atoms with E-state index in [4.69, 9.17) is 39.8 Å². The topological polar surface area (TPSA) is 105 Å². The molecule has 0 fully saturated rings. The highest BCUT2D eigenvalue weighted by molar-refractivity contribution is 6.40. The van der Waals surface area contributed by atoms with Crippen molar-refractivity contribution in [3.05, 3.63) is 78.9 Å². The zero-order valence-electron chi connectivity index (χ0n) is 19.2. The van der Waals surface area contributed by atoms with Crippen molar-refractivity contribution in [2.75, 3.05) is 18.9 Å². The zero-order chi connectivity index (χ0) is 25.3. The van der Waals surface area contributed by atoms with Crippen molar-refractivity contribution in [1.82, 2.24) is 25.1 Å². The monoisotopic (exact) mass is 532 g/mol. The molecule has 2 aromatic heterocycles.